The van der Waals surface area contributed by atoms with Crippen molar-refractivity contribution in [1.82, 2.24) is 15.2 Å². The second-order valence-corrected chi connectivity index (χ2v) is 5.20. The maximum absolute atomic E-state index is 10.0. The number of aromatic nitrogens is 3. The number of aromatic hydroxyl groups is 1. The Morgan fingerprint density at radius 3 is 2.74 bits per heavy atom. The molecule has 0 radical (unpaired) electrons. The summed E-state index contributed by atoms with van der Waals surface area (Å²) in [6.07, 6.45) is 3.28. The Labute approximate surface area is 122 Å². The number of hydrogen-bond acceptors (Lipinski definition) is 4. The first-order chi connectivity index (χ1) is 9.16. The number of nitrogens with zero attached hydrogens (tertiary/aromatic N) is 3. The van der Waals surface area contributed by atoms with E-state index in [2.05, 4.69) is 31.1 Å². The Morgan fingerprint density at radius 1 is 1.11 bits per heavy atom. The normalized spacial score (nSPS) is 10.8. The zero-order valence-electron chi connectivity index (χ0n) is 9.51. The van der Waals surface area contributed by atoms with Crippen LogP contribution in [0.5, 0.6) is 5.75 Å². The summed E-state index contributed by atoms with van der Waals surface area (Å²) < 4.78 is 0.793. The zero-order valence-corrected chi connectivity index (χ0v) is 11.9. The molecule has 19 heavy (non-hydrogen) atoms. The Balaban J connectivity index is 2.34. The number of phenolic OH excluding ortho intramolecular Hbond substituents is 1. The molecule has 0 unspecified atom stereocenters. The van der Waals surface area contributed by atoms with Gasteiger partial charge >= 0.3 is 0 Å². The van der Waals surface area contributed by atoms with Gasteiger partial charge in [0.05, 0.1) is 0 Å². The predicted molar refractivity (Wildman–Crippen MR) is 77.1 cm³/mol. The molecule has 1 aromatic carbocycles. The maximum atomic E-state index is 10.0. The number of hydrogen-bond donors (Lipinski definition) is 1. The molecule has 94 valence electrons. The Hall–Kier alpha value is -1.72. The average Bonchev–Trinajstić information content (AvgIpc) is 2.41. The molecule has 4 nitrogen and oxygen atoms in total. The Kier molecular flexibility index (Phi) is 3.08. The van der Waals surface area contributed by atoms with Crippen molar-refractivity contribution in [3.63, 3.8) is 0 Å². The van der Waals surface area contributed by atoms with Crippen LogP contribution < -0.4 is 0 Å². The van der Waals surface area contributed by atoms with Crippen LogP contribution in [0.15, 0.2) is 41.1 Å². The van der Waals surface area contributed by atoms with Crippen molar-refractivity contribution in [3.8, 4) is 17.0 Å². The third kappa shape index (κ3) is 2.15. The smallest absolute Gasteiger partial charge is 0.161 e. The van der Waals surface area contributed by atoms with E-state index in [-0.39, 0.29) is 5.75 Å². The maximum Gasteiger partial charge on any atom is 0.161 e. The van der Waals surface area contributed by atoms with Gasteiger partial charge in [-0.25, -0.2) is 0 Å². The molecule has 3 aromatic rings. The number of rotatable bonds is 1. The molecule has 0 bridgehead atoms. The first-order valence-corrected chi connectivity index (χ1v) is 6.58. The number of fused-ring (bicyclic) bond motifs is 1. The fourth-order valence-corrected chi connectivity index (χ4v) is 2.41. The lowest BCUT2D eigenvalue weighted by Crippen LogP contribution is -1.92. The first kappa shape index (κ1) is 12.3. The van der Waals surface area contributed by atoms with Crippen LogP contribution in [-0.2, 0) is 0 Å². The third-order valence-corrected chi connectivity index (χ3v) is 3.52. The van der Waals surface area contributed by atoms with Gasteiger partial charge in [0, 0.05) is 33.2 Å². The molecule has 0 spiro atoms. The summed E-state index contributed by atoms with van der Waals surface area (Å²) in [5.41, 5.74) is 1.18. The molecular weight excluding hydrogens is 330 g/mol. The van der Waals surface area contributed by atoms with Crippen molar-refractivity contribution < 1.29 is 5.11 Å². The fourth-order valence-electron chi connectivity index (χ4n) is 1.87. The lowest BCUT2D eigenvalue weighted by atomic mass is 10.1. The van der Waals surface area contributed by atoms with E-state index in [1.807, 2.05) is 6.07 Å². The van der Waals surface area contributed by atoms with E-state index in [0.717, 1.165) is 9.86 Å². The van der Waals surface area contributed by atoms with Crippen molar-refractivity contribution in [2.24, 2.45) is 0 Å². The van der Waals surface area contributed by atoms with Crippen LogP contribution in [0, 0.1) is 0 Å². The number of pyridine rings is 1. The highest BCUT2D eigenvalue weighted by atomic mass is 79.9. The van der Waals surface area contributed by atoms with Crippen LogP contribution in [-0.4, -0.2) is 20.3 Å². The molecule has 0 saturated carbocycles. The van der Waals surface area contributed by atoms with Gasteiger partial charge in [0.2, 0.25) is 0 Å². The third-order valence-electron chi connectivity index (χ3n) is 2.75. The van der Waals surface area contributed by atoms with E-state index in [9.17, 15) is 5.11 Å². The van der Waals surface area contributed by atoms with Gasteiger partial charge in [-0.2, -0.15) is 0 Å². The molecule has 0 aliphatic heterocycles. The topological polar surface area (TPSA) is 58.9 Å². The Morgan fingerprint density at radius 2 is 1.95 bits per heavy atom. The van der Waals surface area contributed by atoms with Crippen LogP contribution in [0.3, 0.4) is 0 Å². The highest BCUT2D eigenvalue weighted by molar-refractivity contribution is 9.10. The molecule has 1 N–H and O–H groups in total. The minimum atomic E-state index is 0.129. The molecule has 0 saturated heterocycles. The quantitative estimate of drug-likeness (QED) is 0.734. The van der Waals surface area contributed by atoms with Gasteiger partial charge in [-0.15, -0.1) is 10.2 Å². The van der Waals surface area contributed by atoms with Gasteiger partial charge in [-0.1, -0.05) is 27.5 Å². The van der Waals surface area contributed by atoms with Gasteiger partial charge in [0.25, 0.3) is 0 Å². The largest absolute Gasteiger partial charge is 0.507 e. The minimum absolute atomic E-state index is 0.129. The molecular formula is C13H7BrClN3O. The molecule has 3 rings (SSSR count). The summed E-state index contributed by atoms with van der Waals surface area (Å²) in [4.78, 5) is 4.02. The molecule has 0 fully saturated rings. The van der Waals surface area contributed by atoms with Crippen LogP contribution in [0.25, 0.3) is 22.0 Å². The predicted octanol–water partition coefficient (Wildman–Crippen LogP) is 3.81. The van der Waals surface area contributed by atoms with Crippen molar-refractivity contribution in [2.75, 3.05) is 0 Å². The van der Waals surface area contributed by atoms with E-state index in [4.69, 9.17) is 11.6 Å². The molecule has 2 aromatic heterocycles. The molecule has 0 amide bonds. The summed E-state index contributed by atoms with van der Waals surface area (Å²) in [6, 6.07) is 7.01. The van der Waals surface area contributed by atoms with Gasteiger partial charge in [-0.05, 0) is 24.3 Å². The van der Waals surface area contributed by atoms with Crippen LogP contribution in [0.1, 0.15) is 0 Å². The van der Waals surface area contributed by atoms with Gasteiger partial charge < -0.3 is 5.11 Å². The second-order valence-electron chi connectivity index (χ2n) is 3.92. The highest BCUT2D eigenvalue weighted by Gasteiger charge is 2.13. The second kappa shape index (κ2) is 4.75. The summed E-state index contributed by atoms with van der Waals surface area (Å²) in [5.74, 6) is 0.129. The van der Waals surface area contributed by atoms with Crippen molar-refractivity contribution in [3.05, 3.63) is 46.3 Å². The molecule has 6 heteroatoms. The van der Waals surface area contributed by atoms with Crippen LogP contribution >= 0.6 is 27.5 Å². The first-order valence-electron chi connectivity index (χ1n) is 5.41. The highest BCUT2D eigenvalue weighted by Crippen LogP contribution is 2.35. The molecule has 0 atom stereocenters. The molecule has 0 aliphatic carbocycles. The van der Waals surface area contributed by atoms with E-state index < -0.39 is 0 Å². The molecule has 0 aliphatic rings. The number of benzene rings is 1. The lowest BCUT2D eigenvalue weighted by Gasteiger charge is -2.07. The van der Waals surface area contributed by atoms with Crippen LogP contribution in [0.4, 0.5) is 0 Å². The molecule has 2 heterocycles. The van der Waals surface area contributed by atoms with E-state index in [1.54, 1.807) is 30.6 Å². The number of phenols is 1. The van der Waals surface area contributed by atoms with Crippen molar-refractivity contribution in [2.45, 2.75) is 0 Å². The standard InChI is InChI=1S/C13H7BrClN3O/c14-7-1-2-9(11(19)5-7)12-8-3-4-16-6-10(8)13(15)18-17-12/h1-6,19H. The van der Waals surface area contributed by atoms with E-state index >= 15 is 0 Å². The van der Waals surface area contributed by atoms with Crippen molar-refractivity contribution in [1.29, 1.82) is 0 Å². The summed E-state index contributed by atoms with van der Waals surface area (Å²) >= 11 is 9.30. The van der Waals surface area contributed by atoms with Gasteiger partial charge in [0.1, 0.15) is 11.4 Å². The summed E-state index contributed by atoms with van der Waals surface area (Å²) in [5, 5.41) is 19.8. The van der Waals surface area contributed by atoms with E-state index in [0.29, 0.717) is 21.8 Å². The van der Waals surface area contributed by atoms with E-state index in [1.165, 1.54) is 0 Å². The number of halogens is 2. The minimum Gasteiger partial charge on any atom is -0.507 e. The van der Waals surface area contributed by atoms with Crippen molar-refractivity contribution >= 4 is 38.3 Å². The van der Waals surface area contributed by atoms with Gasteiger partial charge in [0.15, 0.2) is 5.15 Å². The van der Waals surface area contributed by atoms with Crippen LogP contribution in [0.2, 0.25) is 5.15 Å². The summed E-state index contributed by atoms with van der Waals surface area (Å²) in [7, 11) is 0. The SMILES string of the molecule is Oc1cc(Br)ccc1-c1nnc(Cl)c2cnccc12. The summed E-state index contributed by atoms with van der Waals surface area (Å²) in [6.45, 7) is 0. The zero-order chi connectivity index (χ0) is 13.4. The lowest BCUT2D eigenvalue weighted by molar-refractivity contribution is 0.476. The average molecular weight is 337 g/mol. The monoisotopic (exact) mass is 335 g/mol. The Bertz CT molecular complexity index is 779. The van der Waals surface area contributed by atoms with Gasteiger partial charge in [-0.3, -0.25) is 4.98 Å². The fraction of sp³-hybridized carbons (Fsp3) is 0.